The number of rotatable bonds is 4. The quantitative estimate of drug-likeness (QED) is 0.727. The largest absolute Gasteiger partial charge is 0.396 e. The van der Waals surface area contributed by atoms with Crippen molar-refractivity contribution in [2.45, 2.75) is 13.3 Å². The number of aliphatic hydroxyl groups is 1. The van der Waals surface area contributed by atoms with Gasteiger partial charge in [0.05, 0.1) is 6.42 Å². The Bertz CT molecular complexity index is 485. The molecule has 0 spiro atoms. The third-order valence-corrected chi connectivity index (χ3v) is 2.92. The van der Waals surface area contributed by atoms with E-state index in [1.807, 2.05) is 6.92 Å². The topological polar surface area (TPSA) is 78.4 Å². The van der Waals surface area contributed by atoms with E-state index in [2.05, 4.69) is 10.6 Å². The molecule has 96 valence electrons. The van der Waals surface area contributed by atoms with Gasteiger partial charge in [-0.1, -0.05) is 6.92 Å². The second kappa shape index (κ2) is 5.18. The number of nitrogens with one attached hydrogen (secondary N) is 2. The fourth-order valence-corrected chi connectivity index (χ4v) is 1.80. The number of anilines is 1. The second-order valence-electron chi connectivity index (χ2n) is 4.59. The summed E-state index contributed by atoms with van der Waals surface area (Å²) in [4.78, 5) is 23.0. The SMILES string of the molecule is CC(CO)CNC(=O)c1ccc2c(c1)CC(=O)N2. The highest BCUT2D eigenvalue weighted by Crippen LogP contribution is 2.23. The van der Waals surface area contributed by atoms with E-state index in [0.29, 0.717) is 18.5 Å². The lowest BCUT2D eigenvalue weighted by molar-refractivity contribution is -0.115. The maximum Gasteiger partial charge on any atom is 0.251 e. The van der Waals surface area contributed by atoms with Gasteiger partial charge in [-0.15, -0.1) is 0 Å². The van der Waals surface area contributed by atoms with Crippen LogP contribution in [-0.4, -0.2) is 30.1 Å². The summed E-state index contributed by atoms with van der Waals surface area (Å²) in [6.07, 6.45) is 0.323. The number of hydrogen-bond donors (Lipinski definition) is 3. The minimum atomic E-state index is -0.183. The first kappa shape index (κ1) is 12.6. The van der Waals surface area contributed by atoms with Crippen molar-refractivity contribution in [3.63, 3.8) is 0 Å². The van der Waals surface area contributed by atoms with Crippen LogP contribution in [0.1, 0.15) is 22.8 Å². The van der Waals surface area contributed by atoms with Crippen LogP contribution in [0.15, 0.2) is 18.2 Å². The lowest BCUT2D eigenvalue weighted by Crippen LogP contribution is -2.29. The molecule has 1 aliphatic rings. The zero-order valence-corrected chi connectivity index (χ0v) is 10.2. The van der Waals surface area contributed by atoms with Gasteiger partial charge in [-0.25, -0.2) is 0 Å². The zero-order valence-electron chi connectivity index (χ0n) is 10.2. The molecular weight excluding hydrogens is 232 g/mol. The molecular formula is C13H16N2O3. The van der Waals surface area contributed by atoms with E-state index in [0.717, 1.165) is 11.3 Å². The van der Waals surface area contributed by atoms with Gasteiger partial charge >= 0.3 is 0 Å². The Morgan fingerprint density at radius 3 is 3.06 bits per heavy atom. The first-order chi connectivity index (χ1) is 8.60. The van der Waals surface area contributed by atoms with Crippen LogP contribution >= 0.6 is 0 Å². The van der Waals surface area contributed by atoms with Crippen LogP contribution in [0.5, 0.6) is 0 Å². The fraction of sp³-hybridized carbons (Fsp3) is 0.385. The van der Waals surface area contributed by atoms with Crippen LogP contribution in [0.3, 0.4) is 0 Å². The average Bonchev–Trinajstić information content (AvgIpc) is 2.74. The molecule has 0 saturated carbocycles. The fourth-order valence-electron chi connectivity index (χ4n) is 1.80. The van der Waals surface area contributed by atoms with Crippen LogP contribution in [0.4, 0.5) is 5.69 Å². The Morgan fingerprint density at radius 2 is 2.33 bits per heavy atom. The highest BCUT2D eigenvalue weighted by Gasteiger charge is 2.19. The van der Waals surface area contributed by atoms with Crippen LogP contribution in [-0.2, 0) is 11.2 Å². The van der Waals surface area contributed by atoms with Gasteiger partial charge in [0.1, 0.15) is 0 Å². The van der Waals surface area contributed by atoms with E-state index < -0.39 is 0 Å². The van der Waals surface area contributed by atoms with Crippen LogP contribution in [0.25, 0.3) is 0 Å². The molecule has 5 nitrogen and oxygen atoms in total. The molecule has 0 fully saturated rings. The van der Waals surface area contributed by atoms with Gasteiger partial charge in [0, 0.05) is 24.4 Å². The van der Waals surface area contributed by atoms with Gasteiger partial charge in [-0.2, -0.15) is 0 Å². The molecule has 0 bridgehead atoms. The molecule has 3 N–H and O–H groups in total. The Kier molecular flexibility index (Phi) is 3.62. The maximum atomic E-state index is 11.8. The van der Waals surface area contributed by atoms with Crippen LogP contribution in [0.2, 0.25) is 0 Å². The first-order valence-corrected chi connectivity index (χ1v) is 5.92. The van der Waals surface area contributed by atoms with Crippen molar-refractivity contribution in [1.82, 2.24) is 5.32 Å². The third-order valence-electron chi connectivity index (χ3n) is 2.92. The minimum absolute atomic E-state index is 0.0339. The number of fused-ring (bicyclic) bond motifs is 1. The number of carbonyl (C=O) groups is 2. The maximum absolute atomic E-state index is 11.8. The second-order valence-corrected chi connectivity index (χ2v) is 4.59. The lowest BCUT2D eigenvalue weighted by Gasteiger charge is -2.10. The minimum Gasteiger partial charge on any atom is -0.396 e. The van der Waals surface area contributed by atoms with E-state index in [4.69, 9.17) is 5.11 Å². The van der Waals surface area contributed by atoms with Crippen molar-refractivity contribution < 1.29 is 14.7 Å². The smallest absolute Gasteiger partial charge is 0.251 e. The highest BCUT2D eigenvalue weighted by atomic mass is 16.3. The van der Waals surface area contributed by atoms with E-state index in [-0.39, 0.29) is 24.3 Å². The van der Waals surface area contributed by atoms with Crippen molar-refractivity contribution in [2.75, 3.05) is 18.5 Å². The summed E-state index contributed by atoms with van der Waals surface area (Å²) in [5.74, 6) is -0.194. The van der Waals surface area contributed by atoms with Gasteiger partial charge in [-0.3, -0.25) is 9.59 Å². The Balaban J connectivity index is 2.04. The molecule has 5 heteroatoms. The Labute approximate surface area is 105 Å². The summed E-state index contributed by atoms with van der Waals surface area (Å²) >= 11 is 0. The molecule has 1 heterocycles. The van der Waals surface area contributed by atoms with Crippen LogP contribution in [0, 0.1) is 5.92 Å². The molecule has 1 unspecified atom stereocenters. The van der Waals surface area contributed by atoms with Crippen molar-refractivity contribution in [3.05, 3.63) is 29.3 Å². The molecule has 1 aliphatic heterocycles. The van der Waals surface area contributed by atoms with Crippen molar-refractivity contribution in [1.29, 1.82) is 0 Å². The molecule has 1 atom stereocenters. The molecule has 1 aromatic rings. The molecule has 0 radical (unpaired) electrons. The third kappa shape index (κ3) is 2.68. The summed E-state index contributed by atoms with van der Waals surface area (Å²) in [6, 6.07) is 5.15. The number of aliphatic hydroxyl groups excluding tert-OH is 1. The molecule has 2 amide bonds. The normalized spacial score (nSPS) is 14.9. The molecule has 0 saturated heterocycles. The number of benzene rings is 1. The van der Waals surface area contributed by atoms with E-state index in [1.54, 1.807) is 18.2 Å². The van der Waals surface area contributed by atoms with E-state index >= 15 is 0 Å². The monoisotopic (exact) mass is 248 g/mol. The summed E-state index contributed by atoms with van der Waals surface area (Å²) in [5.41, 5.74) is 2.17. The van der Waals surface area contributed by atoms with Gasteiger partial charge in [-0.05, 0) is 29.7 Å². The summed E-state index contributed by atoms with van der Waals surface area (Å²) < 4.78 is 0. The standard InChI is InChI=1S/C13H16N2O3/c1-8(7-16)6-14-13(18)9-2-3-11-10(4-9)5-12(17)15-11/h2-4,8,16H,5-7H2,1H3,(H,14,18)(H,15,17). The number of amides is 2. The Hall–Kier alpha value is -1.88. The van der Waals surface area contributed by atoms with Gasteiger partial charge in [0.15, 0.2) is 0 Å². The number of carbonyl (C=O) groups excluding carboxylic acids is 2. The summed E-state index contributed by atoms with van der Waals surface area (Å²) in [7, 11) is 0. The Morgan fingerprint density at radius 1 is 1.56 bits per heavy atom. The van der Waals surface area contributed by atoms with Crippen molar-refractivity contribution >= 4 is 17.5 Å². The van der Waals surface area contributed by atoms with E-state index in [1.165, 1.54) is 0 Å². The highest BCUT2D eigenvalue weighted by molar-refractivity contribution is 6.01. The predicted octanol–water partition coefficient (Wildman–Crippen LogP) is 0.539. The predicted molar refractivity (Wildman–Crippen MR) is 67.4 cm³/mol. The van der Waals surface area contributed by atoms with Crippen molar-refractivity contribution in [2.24, 2.45) is 5.92 Å². The summed E-state index contributed by atoms with van der Waals surface area (Å²) in [5, 5.41) is 14.3. The molecule has 0 aromatic heterocycles. The lowest BCUT2D eigenvalue weighted by atomic mass is 10.1. The zero-order chi connectivity index (χ0) is 13.1. The van der Waals surface area contributed by atoms with Crippen molar-refractivity contribution in [3.8, 4) is 0 Å². The summed E-state index contributed by atoms with van der Waals surface area (Å²) in [6.45, 7) is 2.33. The molecule has 0 aliphatic carbocycles. The van der Waals surface area contributed by atoms with Gasteiger partial charge in [0.2, 0.25) is 5.91 Å². The molecule has 18 heavy (non-hydrogen) atoms. The first-order valence-electron chi connectivity index (χ1n) is 5.92. The van der Waals surface area contributed by atoms with E-state index in [9.17, 15) is 9.59 Å². The van der Waals surface area contributed by atoms with Gasteiger partial charge < -0.3 is 15.7 Å². The average molecular weight is 248 g/mol. The van der Waals surface area contributed by atoms with Crippen LogP contribution < -0.4 is 10.6 Å². The number of hydrogen-bond acceptors (Lipinski definition) is 3. The molecule has 1 aromatic carbocycles. The van der Waals surface area contributed by atoms with Gasteiger partial charge in [0.25, 0.3) is 5.91 Å². The molecule has 2 rings (SSSR count).